The maximum atomic E-state index is 5.72. The lowest BCUT2D eigenvalue weighted by atomic mass is 9.90. The number of hydrogen-bond acceptors (Lipinski definition) is 2. The minimum absolute atomic E-state index is 0.463. The van der Waals surface area contributed by atoms with Crippen molar-refractivity contribution < 1.29 is 4.74 Å². The molecule has 0 aliphatic carbocycles. The van der Waals surface area contributed by atoms with Gasteiger partial charge in [-0.25, -0.2) is 0 Å². The molecule has 1 unspecified atom stereocenters. The zero-order chi connectivity index (χ0) is 12.1. The molecule has 2 heteroatoms. The predicted octanol–water partition coefficient (Wildman–Crippen LogP) is 2.72. The van der Waals surface area contributed by atoms with Gasteiger partial charge in [0.1, 0.15) is 0 Å². The first-order chi connectivity index (χ1) is 8.29. The van der Waals surface area contributed by atoms with Gasteiger partial charge in [-0.15, -0.1) is 0 Å². The highest BCUT2D eigenvalue weighted by atomic mass is 16.5. The summed E-state index contributed by atoms with van der Waals surface area (Å²) >= 11 is 0. The fourth-order valence-electron chi connectivity index (χ4n) is 2.45. The molecular formula is C15H23NO. The van der Waals surface area contributed by atoms with Crippen LogP contribution < -0.4 is 5.73 Å². The van der Waals surface area contributed by atoms with Gasteiger partial charge in [-0.05, 0) is 48.8 Å². The van der Waals surface area contributed by atoms with E-state index >= 15 is 0 Å². The quantitative estimate of drug-likeness (QED) is 0.868. The Morgan fingerprint density at radius 2 is 2.12 bits per heavy atom. The van der Waals surface area contributed by atoms with Crippen molar-refractivity contribution in [2.45, 2.75) is 32.1 Å². The summed E-state index contributed by atoms with van der Waals surface area (Å²) in [7, 11) is 0. The first-order valence-electron chi connectivity index (χ1n) is 6.66. The zero-order valence-electron chi connectivity index (χ0n) is 10.7. The van der Waals surface area contributed by atoms with Crippen molar-refractivity contribution in [1.29, 1.82) is 0 Å². The van der Waals surface area contributed by atoms with Gasteiger partial charge in [-0.3, -0.25) is 0 Å². The summed E-state index contributed by atoms with van der Waals surface area (Å²) in [5.41, 5.74) is 8.55. The van der Waals surface area contributed by atoms with Crippen LogP contribution in [0.5, 0.6) is 0 Å². The molecule has 0 radical (unpaired) electrons. The third kappa shape index (κ3) is 3.55. The molecule has 2 nitrogen and oxygen atoms in total. The van der Waals surface area contributed by atoms with Gasteiger partial charge in [0.05, 0.1) is 0 Å². The normalized spacial score (nSPS) is 19.2. The molecule has 2 rings (SSSR count). The zero-order valence-corrected chi connectivity index (χ0v) is 10.7. The fourth-order valence-corrected chi connectivity index (χ4v) is 2.45. The van der Waals surface area contributed by atoms with Crippen molar-refractivity contribution >= 4 is 0 Å². The average molecular weight is 233 g/mol. The minimum atomic E-state index is 0.463. The maximum absolute atomic E-state index is 5.72. The van der Waals surface area contributed by atoms with E-state index < -0.39 is 0 Å². The molecule has 0 spiro atoms. The molecule has 17 heavy (non-hydrogen) atoms. The van der Waals surface area contributed by atoms with Crippen molar-refractivity contribution in [2.24, 2.45) is 11.7 Å². The predicted molar refractivity (Wildman–Crippen MR) is 71.2 cm³/mol. The largest absolute Gasteiger partial charge is 0.381 e. The minimum Gasteiger partial charge on any atom is -0.381 e. The van der Waals surface area contributed by atoms with Gasteiger partial charge >= 0.3 is 0 Å². The average Bonchev–Trinajstić information content (AvgIpc) is 2.39. The Labute approximate surface area is 104 Å². The highest BCUT2D eigenvalue weighted by Gasteiger charge is 2.14. The second kappa shape index (κ2) is 6.18. The summed E-state index contributed by atoms with van der Waals surface area (Å²) < 4.78 is 5.40. The third-order valence-electron chi connectivity index (χ3n) is 3.74. The summed E-state index contributed by atoms with van der Waals surface area (Å²) in [5, 5.41) is 0. The molecule has 1 fully saturated rings. The summed E-state index contributed by atoms with van der Waals surface area (Å²) in [6.07, 6.45) is 3.60. The second-order valence-electron chi connectivity index (χ2n) is 5.14. The summed E-state index contributed by atoms with van der Waals surface area (Å²) in [5.74, 6) is 1.26. The van der Waals surface area contributed by atoms with E-state index in [1.807, 2.05) is 0 Å². The molecule has 1 atom stereocenters. The number of ether oxygens (including phenoxy) is 1. The molecule has 1 aliphatic rings. The van der Waals surface area contributed by atoms with Crippen molar-refractivity contribution in [3.05, 3.63) is 35.4 Å². The van der Waals surface area contributed by atoms with Crippen LogP contribution in [0.4, 0.5) is 0 Å². The summed E-state index contributed by atoms with van der Waals surface area (Å²) in [4.78, 5) is 0. The smallest absolute Gasteiger partial charge is 0.0468 e. The molecule has 1 saturated heterocycles. The Morgan fingerprint density at radius 1 is 1.35 bits per heavy atom. The van der Waals surface area contributed by atoms with Crippen molar-refractivity contribution in [3.8, 4) is 0 Å². The van der Waals surface area contributed by atoms with Crippen LogP contribution in [0.15, 0.2) is 24.3 Å². The summed E-state index contributed by atoms with van der Waals surface area (Å²) in [6, 6.07) is 8.91. The lowest BCUT2D eigenvalue weighted by Gasteiger charge is -2.22. The molecule has 1 aliphatic heterocycles. The Balaban J connectivity index is 2.00. The van der Waals surface area contributed by atoms with Gasteiger partial charge < -0.3 is 10.5 Å². The van der Waals surface area contributed by atoms with Gasteiger partial charge in [0.25, 0.3) is 0 Å². The van der Waals surface area contributed by atoms with Crippen LogP contribution in [0.1, 0.15) is 36.8 Å². The molecule has 0 bridgehead atoms. The van der Waals surface area contributed by atoms with Crippen LogP contribution in [0.25, 0.3) is 0 Å². The first-order valence-corrected chi connectivity index (χ1v) is 6.66. The standard InChI is InChI=1S/C15H23NO/c1-12(11-16)15-4-2-3-14(10-15)9-13-5-7-17-8-6-13/h2-4,10,12-13H,5-9,11,16H2,1H3. The number of hydrogen-bond donors (Lipinski definition) is 1. The Morgan fingerprint density at radius 3 is 2.82 bits per heavy atom. The molecule has 1 heterocycles. The van der Waals surface area contributed by atoms with E-state index in [-0.39, 0.29) is 0 Å². The van der Waals surface area contributed by atoms with Gasteiger partial charge in [0.2, 0.25) is 0 Å². The Bertz CT molecular complexity index is 345. The van der Waals surface area contributed by atoms with Crippen LogP contribution in [0, 0.1) is 5.92 Å². The lowest BCUT2D eigenvalue weighted by Crippen LogP contribution is -2.17. The fraction of sp³-hybridized carbons (Fsp3) is 0.600. The van der Waals surface area contributed by atoms with Crippen LogP contribution in [-0.2, 0) is 11.2 Å². The van der Waals surface area contributed by atoms with Crippen molar-refractivity contribution in [3.63, 3.8) is 0 Å². The van der Waals surface area contributed by atoms with Crippen molar-refractivity contribution in [1.82, 2.24) is 0 Å². The van der Waals surface area contributed by atoms with Crippen LogP contribution >= 0.6 is 0 Å². The first kappa shape index (κ1) is 12.6. The summed E-state index contributed by atoms with van der Waals surface area (Å²) in [6.45, 7) is 4.78. The Kier molecular flexibility index (Phi) is 4.57. The topological polar surface area (TPSA) is 35.2 Å². The molecule has 0 saturated carbocycles. The van der Waals surface area contributed by atoms with Gasteiger partial charge in [0, 0.05) is 13.2 Å². The van der Waals surface area contributed by atoms with Gasteiger partial charge in [0.15, 0.2) is 0 Å². The third-order valence-corrected chi connectivity index (χ3v) is 3.74. The van der Waals surface area contributed by atoms with E-state index in [1.54, 1.807) is 0 Å². The number of benzene rings is 1. The van der Waals surface area contributed by atoms with Crippen LogP contribution in [0.2, 0.25) is 0 Å². The second-order valence-corrected chi connectivity index (χ2v) is 5.14. The highest BCUT2D eigenvalue weighted by molar-refractivity contribution is 5.26. The van der Waals surface area contributed by atoms with Crippen molar-refractivity contribution in [2.75, 3.05) is 19.8 Å². The molecule has 1 aromatic rings. The Hall–Kier alpha value is -0.860. The van der Waals surface area contributed by atoms with E-state index in [1.165, 1.54) is 30.4 Å². The lowest BCUT2D eigenvalue weighted by molar-refractivity contribution is 0.0665. The molecular weight excluding hydrogens is 210 g/mol. The molecule has 0 aromatic heterocycles. The van der Waals surface area contributed by atoms with E-state index in [0.29, 0.717) is 5.92 Å². The number of nitrogens with two attached hydrogens (primary N) is 1. The van der Waals surface area contributed by atoms with E-state index in [2.05, 4.69) is 31.2 Å². The molecule has 0 amide bonds. The highest BCUT2D eigenvalue weighted by Crippen LogP contribution is 2.22. The van der Waals surface area contributed by atoms with Crippen LogP contribution in [-0.4, -0.2) is 19.8 Å². The van der Waals surface area contributed by atoms with Gasteiger partial charge in [-0.2, -0.15) is 0 Å². The van der Waals surface area contributed by atoms with Crippen LogP contribution in [0.3, 0.4) is 0 Å². The molecule has 1 aromatic carbocycles. The molecule has 2 N–H and O–H groups in total. The maximum Gasteiger partial charge on any atom is 0.0468 e. The molecule has 94 valence electrons. The van der Waals surface area contributed by atoms with E-state index in [4.69, 9.17) is 10.5 Å². The number of rotatable bonds is 4. The monoisotopic (exact) mass is 233 g/mol. The van der Waals surface area contributed by atoms with E-state index in [9.17, 15) is 0 Å². The SMILES string of the molecule is CC(CN)c1cccc(CC2CCOCC2)c1. The van der Waals surface area contributed by atoms with E-state index in [0.717, 1.165) is 25.7 Å². The van der Waals surface area contributed by atoms with Gasteiger partial charge in [-0.1, -0.05) is 31.2 Å².